The third-order valence-electron chi connectivity index (χ3n) is 7.64. The molecular weight excluding hydrogens is 630 g/mol. The molecule has 1 unspecified atom stereocenters. The van der Waals surface area contributed by atoms with Crippen LogP contribution in [0.5, 0.6) is 5.75 Å². The molecule has 0 aliphatic carbocycles. The molecule has 1 aliphatic heterocycles. The zero-order chi connectivity index (χ0) is 32.5. The number of methoxy groups -OCH3 is 1. The highest BCUT2D eigenvalue weighted by Crippen LogP contribution is 2.41. The third kappa shape index (κ3) is 5.52. The Morgan fingerprint density at radius 3 is 2.70 bits per heavy atom. The molecule has 1 aliphatic rings. The van der Waals surface area contributed by atoms with Crippen LogP contribution in [0.2, 0.25) is 5.02 Å². The van der Waals surface area contributed by atoms with Gasteiger partial charge in [0.1, 0.15) is 23.3 Å². The molecule has 0 saturated heterocycles. The summed E-state index contributed by atoms with van der Waals surface area (Å²) in [5.74, 6) is 0.514. The quantitative estimate of drug-likeness (QED) is 0.0998. The average molecular weight is 658 g/mol. The fourth-order valence-electron chi connectivity index (χ4n) is 5.70. The molecule has 1 atom stereocenters. The molecule has 0 bridgehead atoms. The van der Waals surface area contributed by atoms with Crippen LogP contribution in [-0.2, 0) is 9.53 Å². The maximum absolute atomic E-state index is 14.3. The number of halogens is 1. The molecule has 46 heavy (non-hydrogen) atoms. The summed E-state index contributed by atoms with van der Waals surface area (Å²) in [6.45, 7) is 3.88. The summed E-state index contributed by atoms with van der Waals surface area (Å²) in [6, 6.07) is 18.1. The average Bonchev–Trinajstić information content (AvgIpc) is 3.63. The maximum Gasteiger partial charge on any atom is 0.338 e. The first-order valence-electron chi connectivity index (χ1n) is 14.6. The van der Waals surface area contributed by atoms with Crippen molar-refractivity contribution in [2.75, 3.05) is 13.7 Å². The zero-order valence-electron chi connectivity index (χ0n) is 25.1. The second-order valence-corrected chi connectivity index (χ2v) is 11.9. The first kappa shape index (κ1) is 31.0. The third-order valence-corrected chi connectivity index (χ3v) is 8.86. The predicted molar refractivity (Wildman–Crippen MR) is 176 cm³/mol. The standard InChI is InChI=1S/C34H28ClN3O7S/c1-4-8-24-30(33(40)44-5-2)31(29-22-10-7-6-9-19(22)11-15-27(29)43-3)37-32(39)28(46-34(37)36-24)18-21-13-16-26(45-21)23-14-12-20(35)17-25(23)38(41)42/h6-7,9-18,31H,4-5,8H2,1-3H3/b28-18-. The molecule has 2 aromatic heterocycles. The lowest BCUT2D eigenvalue weighted by molar-refractivity contribution is -0.384. The minimum absolute atomic E-state index is 0.151. The summed E-state index contributed by atoms with van der Waals surface area (Å²) in [5.41, 5.74) is 1.14. The van der Waals surface area contributed by atoms with Crippen LogP contribution in [0.3, 0.4) is 0 Å². The van der Waals surface area contributed by atoms with Gasteiger partial charge in [-0.1, -0.05) is 66.6 Å². The van der Waals surface area contributed by atoms with Crippen LogP contribution in [0.4, 0.5) is 5.69 Å². The van der Waals surface area contributed by atoms with Gasteiger partial charge >= 0.3 is 5.97 Å². The van der Waals surface area contributed by atoms with E-state index in [1.54, 1.807) is 38.3 Å². The number of hydrogen-bond donors (Lipinski definition) is 0. The minimum atomic E-state index is -0.885. The number of furan rings is 1. The van der Waals surface area contributed by atoms with Crippen molar-refractivity contribution < 1.29 is 23.6 Å². The highest BCUT2D eigenvalue weighted by molar-refractivity contribution is 7.07. The summed E-state index contributed by atoms with van der Waals surface area (Å²) in [7, 11) is 1.55. The first-order chi connectivity index (χ1) is 22.2. The topological polar surface area (TPSA) is 126 Å². The zero-order valence-corrected chi connectivity index (χ0v) is 26.7. The Hall–Kier alpha value is -5.00. The number of rotatable bonds is 9. The van der Waals surface area contributed by atoms with Crippen LogP contribution in [0.1, 0.15) is 44.1 Å². The fraction of sp³-hybridized carbons (Fsp3) is 0.206. The fourth-order valence-corrected chi connectivity index (χ4v) is 6.86. The molecule has 3 aromatic carbocycles. The van der Waals surface area contributed by atoms with Crippen LogP contribution in [0.15, 0.2) is 92.2 Å². The van der Waals surface area contributed by atoms with E-state index in [1.165, 1.54) is 16.7 Å². The van der Waals surface area contributed by atoms with E-state index >= 15 is 0 Å². The maximum atomic E-state index is 14.3. The molecule has 5 aromatic rings. The summed E-state index contributed by atoms with van der Waals surface area (Å²) in [5, 5.41) is 13.6. The molecule has 0 saturated carbocycles. The van der Waals surface area contributed by atoms with Gasteiger partial charge in [0.05, 0.1) is 40.0 Å². The monoisotopic (exact) mass is 657 g/mol. The van der Waals surface area contributed by atoms with Gasteiger partial charge in [0.2, 0.25) is 0 Å². The smallest absolute Gasteiger partial charge is 0.338 e. The van der Waals surface area contributed by atoms with E-state index in [4.69, 9.17) is 30.5 Å². The molecule has 0 radical (unpaired) electrons. The van der Waals surface area contributed by atoms with Crippen LogP contribution < -0.4 is 19.6 Å². The van der Waals surface area contributed by atoms with Gasteiger partial charge in [0.25, 0.3) is 11.2 Å². The summed E-state index contributed by atoms with van der Waals surface area (Å²) >= 11 is 7.15. The summed E-state index contributed by atoms with van der Waals surface area (Å²) < 4.78 is 19.2. The lowest BCUT2D eigenvalue weighted by atomic mass is 9.90. The Bertz CT molecular complexity index is 2230. The lowest BCUT2D eigenvalue weighted by Gasteiger charge is -2.28. The largest absolute Gasteiger partial charge is 0.496 e. The molecule has 0 fully saturated rings. The molecule has 12 heteroatoms. The Balaban J connectivity index is 1.59. The van der Waals surface area contributed by atoms with Crippen molar-refractivity contribution in [2.24, 2.45) is 4.99 Å². The summed E-state index contributed by atoms with van der Waals surface area (Å²) in [6.07, 6.45) is 2.77. The molecular formula is C34H28ClN3O7S. The number of hydrogen-bond acceptors (Lipinski definition) is 9. The van der Waals surface area contributed by atoms with Gasteiger partial charge in [0, 0.05) is 22.7 Å². The number of nitro benzene ring substituents is 1. The number of carbonyl (C=O) groups excluding carboxylic acids is 1. The van der Waals surface area contributed by atoms with Crippen LogP contribution in [0, 0.1) is 10.1 Å². The molecule has 0 spiro atoms. The van der Waals surface area contributed by atoms with Gasteiger partial charge < -0.3 is 13.9 Å². The van der Waals surface area contributed by atoms with E-state index in [0.717, 1.165) is 22.1 Å². The van der Waals surface area contributed by atoms with Crippen LogP contribution in [-0.4, -0.2) is 29.2 Å². The highest BCUT2D eigenvalue weighted by atomic mass is 35.5. The minimum Gasteiger partial charge on any atom is -0.496 e. The van der Waals surface area contributed by atoms with Gasteiger partial charge in [-0.25, -0.2) is 9.79 Å². The van der Waals surface area contributed by atoms with Gasteiger partial charge in [-0.3, -0.25) is 19.5 Å². The number of benzene rings is 3. The van der Waals surface area contributed by atoms with Crippen molar-refractivity contribution in [2.45, 2.75) is 32.7 Å². The van der Waals surface area contributed by atoms with Crippen LogP contribution >= 0.6 is 22.9 Å². The first-order valence-corrected chi connectivity index (χ1v) is 15.8. The summed E-state index contributed by atoms with van der Waals surface area (Å²) in [4.78, 5) is 44.4. The van der Waals surface area contributed by atoms with Gasteiger partial charge in [-0.15, -0.1) is 0 Å². The van der Waals surface area contributed by atoms with E-state index < -0.39 is 22.5 Å². The van der Waals surface area contributed by atoms with Crippen molar-refractivity contribution in [3.8, 4) is 17.1 Å². The highest BCUT2D eigenvalue weighted by Gasteiger charge is 2.37. The van der Waals surface area contributed by atoms with Gasteiger partial charge in [0.15, 0.2) is 4.80 Å². The van der Waals surface area contributed by atoms with E-state index in [9.17, 15) is 19.7 Å². The Morgan fingerprint density at radius 1 is 1.15 bits per heavy atom. The SMILES string of the molecule is CCCC1=C(C(=O)OCC)C(c2c(OC)ccc3ccccc23)n2c(s/c(=C\c3ccc(-c4ccc(Cl)cc4[N+](=O)[O-])o3)c2=O)=N1. The number of allylic oxidation sites excluding steroid dienone is 1. The van der Waals surface area contributed by atoms with E-state index in [-0.39, 0.29) is 34.2 Å². The second kappa shape index (κ2) is 12.8. The van der Waals surface area contributed by atoms with Crippen molar-refractivity contribution in [1.29, 1.82) is 0 Å². The van der Waals surface area contributed by atoms with E-state index in [2.05, 4.69) is 0 Å². The molecule has 234 valence electrons. The predicted octanol–water partition coefficient (Wildman–Crippen LogP) is 6.56. The number of nitrogens with zero attached hydrogens (tertiary/aromatic N) is 3. The normalized spacial score (nSPS) is 14.7. The number of esters is 1. The van der Waals surface area contributed by atoms with Crippen LogP contribution in [0.25, 0.3) is 28.2 Å². The molecule has 10 nitrogen and oxygen atoms in total. The lowest BCUT2D eigenvalue weighted by Crippen LogP contribution is -2.40. The number of ether oxygens (including phenoxy) is 2. The molecule has 0 amide bonds. The van der Waals surface area contributed by atoms with E-state index in [1.807, 2.05) is 43.3 Å². The number of aromatic nitrogens is 1. The number of fused-ring (bicyclic) bond motifs is 2. The number of thiazole rings is 1. The Labute approximate surface area is 271 Å². The molecule has 6 rings (SSSR count). The number of carbonyl (C=O) groups is 1. The van der Waals surface area contributed by atoms with Gasteiger partial charge in [-0.2, -0.15) is 0 Å². The van der Waals surface area contributed by atoms with Crippen molar-refractivity contribution in [3.05, 3.63) is 124 Å². The molecule has 0 N–H and O–H groups in total. The Kier molecular flexibility index (Phi) is 8.61. The van der Waals surface area contributed by atoms with Crippen molar-refractivity contribution >= 4 is 51.4 Å². The molecule has 3 heterocycles. The van der Waals surface area contributed by atoms with E-state index in [0.29, 0.717) is 44.9 Å². The van der Waals surface area contributed by atoms with Gasteiger partial charge in [-0.05, 0) is 54.4 Å². The Morgan fingerprint density at radius 2 is 1.96 bits per heavy atom. The van der Waals surface area contributed by atoms with Crippen molar-refractivity contribution in [3.63, 3.8) is 0 Å². The number of nitro groups is 1. The van der Waals surface area contributed by atoms with Crippen molar-refractivity contribution in [1.82, 2.24) is 4.57 Å². The second-order valence-electron chi connectivity index (χ2n) is 10.4.